The minimum atomic E-state index is -3.59. The highest BCUT2D eigenvalue weighted by Gasteiger charge is 2.20. The lowest BCUT2D eigenvalue weighted by molar-refractivity contribution is 0.171. The van der Waals surface area contributed by atoms with Crippen LogP contribution in [0.1, 0.15) is 5.69 Å². The van der Waals surface area contributed by atoms with Crippen molar-refractivity contribution in [2.75, 3.05) is 19.5 Å². The molecule has 9 nitrogen and oxygen atoms in total. The van der Waals surface area contributed by atoms with Gasteiger partial charge in [-0.25, -0.2) is 23.4 Å². The van der Waals surface area contributed by atoms with Crippen LogP contribution < -0.4 is 9.47 Å². The Kier molecular flexibility index (Phi) is 4.44. The molecule has 0 amide bonds. The molecule has 0 aliphatic carbocycles. The van der Waals surface area contributed by atoms with Gasteiger partial charge in [0.15, 0.2) is 11.5 Å². The Hall–Kier alpha value is -3.45. The Morgan fingerprint density at radius 1 is 1.18 bits per heavy atom. The zero-order valence-corrected chi connectivity index (χ0v) is 15.7. The highest BCUT2D eigenvalue weighted by molar-refractivity contribution is 7.90. The number of nitrogens with zero attached hydrogens (tertiary/aromatic N) is 5. The molecule has 0 N–H and O–H groups in total. The van der Waals surface area contributed by atoms with Crippen molar-refractivity contribution in [2.45, 2.75) is 11.6 Å². The summed E-state index contributed by atoms with van der Waals surface area (Å²) >= 11 is 0. The molecular weight excluding hydrogens is 382 g/mol. The van der Waals surface area contributed by atoms with Crippen LogP contribution in [0.15, 0.2) is 41.8 Å². The van der Waals surface area contributed by atoms with Crippen molar-refractivity contribution < 1.29 is 17.9 Å². The molecule has 4 rings (SSSR count). The normalized spacial score (nSPS) is 13.1. The van der Waals surface area contributed by atoms with Gasteiger partial charge in [-0.1, -0.05) is 0 Å². The van der Waals surface area contributed by atoms with E-state index in [1.54, 1.807) is 29.0 Å². The first kappa shape index (κ1) is 17.9. The maximum Gasteiger partial charge on any atom is 0.248 e. The lowest BCUT2D eigenvalue weighted by atomic mass is 10.1. The van der Waals surface area contributed by atoms with E-state index in [-0.39, 0.29) is 11.6 Å². The second-order valence-corrected chi connectivity index (χ2v) is 7.98. The maximum atomic E-state index is 11.8. The van der Waals surface area contributed by atoms with Gasteiger partial charge in [0.2, 0.25) is 15.0 Å². The molecule has 10 heteroatoms. The summed E-state index contributed by atoms with van der Waals surface area (Å²) in [6.07, 6.45) is 4.05. The van der Waals surface area contributed by atoms with Gasteiger partial charge < -0.3 is 9.47 Å². The Balaban J connectivity index is 1.88. The molecule has 0 radical (unpaired) electrons. The van der Waals surface area contributed by atoms with E-state index >= 15 is 0 Å². The smallest absolute Gasteiger partial charge is 0.248 e. The fourth-order valence-electron chi connectivity index (χ4n) is 2.87. The highest BCUT2D eigenvalue weighted by Crippen LogP contribution is 2.35. The van der Waals surface area contributed by atoms with Crippen LogP contribution >= 0.6 is 0 Å². The van der Waals surface area contributed by atoms with Crippen molar-refractivity contribution in [3.63, 3.8) is 0 Å². The van der Waals surface area contributed by atoms with Gasteiger partial charge in [0, 0.05) is 18.0 Å². The molecule has 1 aliphatic heterocycles. The number of hydrogen-bond acceptors (Lipinski definition) is 8. The molecule has 2 aromatic heterocycles. The molecule has 1 aromatic carbocycles. The zero-order chi connectivity index (χ0) is 19.7. The number of nitriles is 1. The standard InChI is InChI=1S/C18H15N5O4S/c1-28(24,25)18-20-7-5-16(22-18)23-13(4-6-19)11-21-17(23)12-2-3-14-15(10-12)27-9-8-26-14/h2-3,5,7,10-11H,4,8-9H2,1H3. The average Bonchev–Trinajstić information content (AvgIpc) is 3.11. The molecule has 1 aliphatic rings. The molecular formula is C18H15N5O4S. The topological polar surface area (TPSA) is 120 Å². The number of imidazole rings is 1. The summed E-state index contributed by atoms with van der Waals surface area (Å²) < 4.78 is 36.5. The molecule has 3 heterocycles. The zero-order valence-electron chi connectivity index (χ0n) is 14.9. The van der Waals surface area contributed by atoms with E-state index in [9.17, 15) is 8.42 Å². The van der Waals surface area contributed by atoms with E-state index in [2.05, 4.69) is 21.0 Å². The third-order valence-corrected chi connectivity index (χ3v) is 4.93. The Morgan fingerprint density at radius 2 is 1.96 bits per heavy atom. The fourth-order valence-corrected chi connectivity index (χ4v) is 3.38. The van der Waals surface area contributed by atoms with Gasteiger partial charge in [0.25, 0.3) is 0 Å². The molecule has 0 saturated carbocycles. The number of sulfone groups is 1. The number of benzene rings is 1. The van der Waals surface area contributed by atoms with Gasteiger partial charge in [0.05, 0.1) is 24.4 Å². The molecule has 0 spiro atoms. The second-order valence-electron chi connectivity index (χ2n) is 6.07. The van der Waals surface area contributed by atoms with Crippen LogP contribution in [0.2, 0.25) is 0 Å². The highest BCUT2D eigenvalue weighted by atomic mass is 32.2. The molecule has 0 atom stereocenters. The van der Waals surface area contributed by atoms with Crippen LogP contribution in [0, 0.1) is 11.3 Å². The third-order valence-electron chi connectivity index (χ3n) is 4.07. The Morgan fingerprint density at radius 3 is 2.71 bits per heavy atom. The number of rotatable bonds is 4. The first-order valence-electron chi connectivity index (χ1n) is 8.34. The van der Waals surface area contributed by atoms with Gasteiger partial charge in [-0.3, -0.25) is 4.57 Å². The van der Waals surface area contributed by atoms with Crippen LogP contribution in [0.5, 0.6) is 11.5 Å². The van der Waals surface area contributed by atoms with Gasteiger partial charge >= 0.3 is 0 Å². The summed E-state index contributed by atoms with van der Waals surface area (Å²) in [5.74, 6) is 2.05. The van der Waals surface area contributed by atoms with Crippen LogP contribution in [-0.4, -0.2) is 47.4 Å². The Bertz CT molecular complexity index is 1200. The summed E-state index contributed by atoms with van der Waals surface area (Å²) in [7, 11) is -3.59. The lowest BCUT2D eigenvalue weighted by Crippen LogP contribution is -2.15. The molecule has 0 unspecified atom stereocenters. The Labute approximate surface area is 161 Å². The van der Waals surface area contributed by atoms with E-state index < -0.39 is 9.84 Å². The van der Waals surface area contributed by atoms with E-state index in [0.717, 1.165) is 6.26 Å². The summed E-state index contributed by atoms with van der Waals surface area (Å²) in [6.45, 7) is 0.941. The molecule has 3 aromatic rings. The molecule has 28 heavy (non-hydrogen) atoms. The first-order chi connectivity index (χ1) is 13.5. The van der Waals surface area contributed by atoms with Crippen LogP contribution in [0.3, 0.4) is 0 Å². The van der Waals surface area contributed by atoms with Crippen molar-refractivity contribution in [1.82, 2.24) is 19.5 Å². The van der Waals surface area contributed by atoms with Crippen molar-refractivity contribution in [3.05, 3.63) is 42.4 Å². The van der Waals surface area contributed by atoms with Crippen molar-refractivity contribution in [3.8, 4) is 34.8 Å². The van der Waals surface area contributed by atoms with Crippen LogP contribution in [0.4, 0.5) is 0 Å². The maximum absolute atomic E-state index is 11.8. The minimum absolute atomic E-state index is 0.0791. The summed E-state index contributed by atoms with van der Waals surface area (Å²) in [4.78, 5) is 12.4. The van der Waals surface area contributed by atoms with Crippen molar-refractivity contribution >= 4 is 9.84 Å². The van der Waals surface area contributed by atoms with Crippen molar-refractivity contribution in [2.24, 2.45) is 0 Å². The largest absolute Gasteiger partial charge is 0.486 e. The summed E-state index contributed by atoms with van der Waals surface area (Å²) in [5.41, 5.74) is 1.29. The van der Waals surface area contributed by atoms with Gasteiger partial charge in [-0.2, -0.15) is 5.26 Å². The average molecular weight is 397 g/mol. The molecule has 0 bridgehead atoms. The van der Waals surface area contributed by atoms with Crippen LogP contribution in [0.25, 0.3) is 17.2 Å². The molecule has 0 fully saturated rings. The quantitative estimate of drug-likeness (QED) is 0.609. The number of aromatic nitrogens is 4. The lowest BCUT2D eigenvalue weighted by Gasteiger charge is -2.19. The minimum Gasteiger partial charge on any atom is -0.486 e. The first-order valence-corrected chi connectivity index (χ1v) is 10.2. The van der Waals surface area contributed by atoms with E-state index in [1.165, 1.54) is 6.20 Å². The fraction of sp³-hybridized carbons (Fsp3) is 0.222. The molecule has 142 valence electrons. The predicted octanol–water partition coefficient (Wildman–Crippen LogP) is 1.57. The van der Waals surface area contributed by atoms with Gasteiger partial charge in [0.1, 0.15) is 24.9 Å². The van der Waals surface area contributed by atoms with Gasteiger partial charge in [-0.15, -0.1) is 0 Å². The second kappa shape index (κ2) is 6.94. The predicted molar refractivity (Wildman–Crippen MR) is 98.0 cm³/mol. The molecule has 0 saturated heterocycles. The SMILES string of the molecule is CS(=O)(=O)c1nccc(-n2c(CC#N)cnc2-c2ccc3c(c2)OCCO3)n1. The van der Waals surface area contributed by atoms with Crippen LogP contribution in [-0.2, 0) is 16.3 Å². The monoisotopic (exact) mass is 397 g/mol. The van der Waals surface area contributed by atoms with E-state index in [1.807, 2.05) is 6.07 Å². The number of hydrogen-bond donors (Lipinski definition) is 0. The summed E-state index contributed by atoms with van der Waals surface area (Å²) in [5, 5.41) is 8.86. The number of ether oxygens (including phenoxy) is 2. The summed E-state index contributed by atoms with van der Waals surface area (Å²) in [6, 6.07) is 9.06. The number of fused-ring (bicyclic) bond motifs is 1. The van der Waals surface area contributed by atoms with Gasteiger partial charge in [-0.05, 0) is 24.3 Å². The van der Waals surface area contributed by atoms with Crippen molar-refractivity contribution in [1.29, 1.82) is 5.26 Å². The third kappa shape index (κ3) is 3.27. The van der Waals surface area contributed by atoms with E-state index in [0.29, 0.717) is 47.6 Å². The van der Waals surface area contributed by atoms with E-state index in [4.69, 9.17) is 14.7 Å².